The molecule has 1 aliphatic carbocycles. The van der Waals surface area contributed by atoms with Crippen LogP contribution in [0.1, 0.15) is 39.0 Å². The van der Waals surface area contributed by atoms with Crippen molar-refractivity contribution in [2.24, 2.45) is 11.8 Å². The number of carbonyl (C=O) groups is 2. The van der Waals surface area contributed by atoms with Crippen molar-refractivity contribution in [3.63, 3.8) is 0 Å². The van der Waals surface area contributed by atoms with Gasteiger partial charge in [0.25, 0.3) is 5.09 Å². The van der Waals surface area contributed by atoms with E-state index in [0.29, 0.717) is 30.0 Å². The van der Waals surface area contributed by atoms with E-state index >= 15 is 0 Å². The second kappa shape index (κ2) is 17.5. The van der Waals surface area contributed by atoms with Crippen molar-refractivity contribution in [3.8, 4) is 5.75 Å². The summed E-state index contributed by atoms with van der Waals surface area (Å²) in [6, 6.07) is 6.83. The molecule has 4 N–H and O–H groups in total. The van der Waals surface area contributed by atoms with Gasteiger partial charge in [0, 0.05) is 23.8 Å². The van der Waals surface area contributed by atoms with Gasteiger partial charge in [0.1, 0.15) is 37.7 Å². The molecule has 1 amide bonds. The lowest BCUT2D eigenvalue weighted by molar-refractivity contribution is -0.767. The summed E-state index contributed by atoms with van der Waals surface area (Å²) in [5.74, 6) is -1.09. The zero-order valence-corrected chi connectivity index (χ0v) is 23.0. The minimum atomic E-state index is -0.975. The molecule has 0 heterocycles. The fraction of sp³-hybridized carbons (Fsp3) is 0.556. The van der Waals surface area contributed by atoms with Gasteiger partial charge in [-0.3, -0.25) is 9.59 Å². The van der Waals surface area contributed by atoms with Crippen molar-refractivity contribution >= 4 is 23.5 Å². The average molecular weight is 585 g/mol. The fourth-order valence-electron chi connectivity index (χ4n) is 4.21. The Bertz CT molecular complexity index is 1020. The number of benzene rings is 1. The number of nitrogens with one attached hydrogen (secondary N) is 1. The Balaban J connectivity index is 1.66. The molecule has 12 nitrogen and oxygen atoms in total. The quantitative estimate of drug-likeness (QED) is 0.0698. The summed E-state index contributed by atoms with van der Waals surface area (Å²) < 4.78 is 10.3. The van der Waals surface area contributed by atoms with Gasteiger partial charge >= 0.3 is 5.97 Å². The van der Waals surface area contributed by atoms with Crippen LogP contribution in [-0.4, -0.2) is 76.5 Å². The highest BCUT2D eigenvalue weighted by atomic mass is 35.5. The van der Waals surface area contributed by atoms with E-state index in [1.165, 1.54) is 6.92 Å². The van der Waals surface area contributed by atoms with E-state index in [0.717, 1.165) is 0 Å². The second-order valence-electron chi connectivity index (χ2n) is 9.53. The van der Waals surface area contributed by atoms with E-state index in [2.05, 4.69) is 10.2 Å². The standard InChI is InChI=1S/C27H37ClN2O10/c1-18(40-30(36)37)16-39-27(35)15-29-26(34)10-5-3-2-4-9-22-23(25(33)14-24(22)32)12-11-20(31)17-38-21-8-6-7-19(28)13-21/h2,4,6-8,11-13,18,20,22-25,31-33H,3,5,9-10,14-17H2,1H3,(H,29,34)/b4-2-,12-11+/t18?,20-,22-,23-,24+,25-/m1/s1. The summed E-state index contributed by atoms with van der Waals surface area (Å²) in [6.07, 6.45) is 5.90. The van der Waals surface area contributed by atoms with Crippen molar-refractivity contribution in [1.29, 1.82) is 0 Å². The van der Waals surface area contributed by atoms with Crippen molar-refractivity contribution < 1.29 is 44.3 Å². The van der Waals surface area contributed by atoms with E-state index in [1.807, 2.05) is 12.2 Å². The first kappa shape index (κ1) is 33.0. The number of aliphatic hydroxyl groups is 3. The van der Waals surface area contributed by atoms with Crippen LogP contribution in [0.15, 0.2) is 48.6 Å². The van der Waals surface area contributed by atoms with Crippen LogP contribution in [0.25, 0.3) is 0 Å². The summed E-state index contributed by atoms with van der Waals surface area (Å²) in [4.78, 5) is 37.9. The fourth-order valence-corrected chi connectivity index (χ4v) is 4.39. The number of halogens is 1. The number of hydrogen-bond donors (Lipinski definition) is 4. The van der Waals surface area contributed by atoms with E-state index < -0.39 is 35.5 Å². The first-order valence-corrected chi connectivity index (χ1v) is 13.4. The Labute approximate surface area is 237 Å². The molecule has 1 saturated carbocycles. The molecule has 0 aromatic heterocycles. The summed E-state index contributed by atoms with van der Waals surface area (Å²) >= 11 is 5.92. The number of amides is 1. The lowest BCUT2D eigenvalue weighted by atomic mass is 9.89. The number of hydrogen-bond acceptors (Lipinski definition) is 10. The monoisotopic (exact) mass is 584 g/mol. The summed E-state index contributed by atoms with van der Waals surface area (Å²) in [6.45, 7) is 0.737. The summed E-state index contributed by atoms with van der Waals surface area (Å²) in [5.41, 5.74) is 0. The molecule has 6 atom stereocenters. The van der Waals surface area contributed by atoms with E-state index in [-0.39, 0.29) is 50.3 Å². The van der Waals surface area contributed by atoms with Crippen LogP contribution in [0.2, 0.25) is 5.02 Å². The minimum absolute atomic E-state index is 0.0135. The number of ether oxygens (including phenoxy) is 2. The zero-order valence-electron chi connectivity index (χ0n) is 22.3. The predicted molar refractivity (Wildman–Crippen MR) is 145 cm³/mol. The smallest absolute Gasteiger partial charge is 0.325 e. The van der Waals surface area contributed by atoms with Crippen molar-refractivity contribution in [2.75, 3.05) is 19.8 Å². The first-order chi connectivity index (χ1) is 19.0. The molecule has 1 unspecified atom stereocenters. The average Bonchev–Trinajstić information content (AvgIpc) is 3.16. The largest absolute Gasteiger partial charge is 0.491 e. The molecule has 0 radical (unpaired) electrons. The maximum absolute atomic E-state index is 11.9. The minimum Gasteiger partial charge on any atom is -0.491 e. The Morgan fingerprint density at radius 1 is 1.25 bits per heavy atom. The molecule has 13 heteroatoms. The van der Waals surface area contributed by atoms with Crippen molar-refractivity contribution in [2.45, 2.75) is 63.4 Å². The molecule has 1 aromatic rings. The van der Waals surface area contributed by atoms with Crippen LogP contribution in [0.5, 0.6) is 5.75 Å². The van der Waals surface area contributed by atoms with Gasteiger partial charge in [-0.25, -0.2) is 0 Å². The van der Waals surface area contributed by atoms with Gasteiger partial charge in [0.2, 0.25) is 5.91 Å². The molecule has 0 aliphatic heterocycles. The number of rotatable bonds is 17. The van der Waals surface area contributed by atoms with E-state index in [9.17, 15) is 35.0 Å². The number of allylic oxidation sites excluding steroid dienone is 2. The molecule has 1 fully saturated rings. The van der Waals surface area contributed by atoms with Crippen LogP contribution >= 0.6 is 11.6 Å². The van der Waals surface area contributed by atoms with Crippen LogP contribution in [0, 0.1) is 22.0 Å². The first-order valence-electron chi connectivity index (χ1n) is 13.0. The Kier molecular flexibility index (Phi) is 14.4. The Morgan fingerprint density at radius 3 is 2.75 bits per heavy atom. The molecular formula is C27H37ClN2O10. The van der Waals surface area contributed by atoms with Gasteiger partial charge < -0.3 is 34.9 Å². The summed E-state index contributed by atoms with van der Waals surface area (Å²) in [7, 11) is 0. The SMILES string of the molecule is CC(COC(=O)CNC(=O)CCC/C=C\C[C@@H]1[C@@H](/C=C/[C@@H](O)COc2cccc(Cl)c2)[C@H](O)C[C@@H]1O)O[N+](=O)[O-]. The third kappa shape index (κ3) is 12.8. The highest BCUT2D eigenvalue weighted by molar-refractivity contribution is 6.30. The second-order valence-corrected chi connectivity index (χ2v) is 9.97. The molecule has 222 valence electrons. The van der Waals surface area contributed by atoms with Gasteiger partial charge in [-0.05, 0) is 50.3 Å². The van der Waals surface area contributed by atoms with Gasteiger partial charge in [-0.1, -0.05) is 42.0 Å². The molecule has 0 saturated heterocycles. The molecule has 40 heavy (non-hydrogen) atoms. The predicted octanol–water partition coefficient (Wildman–Crippen LogP) is 2.37. The van der Waals surface area contributed by atoms with Crippen LogP contribution in [0.3, 0.4) is 0 Å². The van der Waals surface area contributed by atoms with Crippen LogP contribution in [-0.2, 0) is 19.2 Å². The molecule has 1 aliphatic rings. The normalized spacial score (nSPS) is 22.2. The Morgan fingerprint density at radius 2 is 2.02 bits per heavy atom. The van der Waals surface area contributed by atoms with Crippen molar-refractivity contribution in [1.82, 2.24) is 5.32 Å². The third-order valence-corrected chi connectivity index (χ3v) is 6.45. The maximum Gasteiger partial charge on any atom is 0.325 e. The molecule has 0 spiro atoms. The number of carbonyl (C=O) groups excluding carboxylic acids is 2. The third-order valence-electron chi connectivity index (χ3n) is 6.21. The number of aliphatic hydroxyl groups excluding tert-OH is 3. The van der Waals surface area contributed by atoms with Crippen LogP contribution in [0.4, 0.5) is 0 Å². The number of nitrogens with zero attached hydrogens (tertiary/aromatic N) is 1. The van der Waals surface area contributed by atoms with Crippen LogP contribution < -0.4 is 10.1 Å². The number of esters is 1. The topological polar surface area (TPSA) is 178 Å². The van der Waals surface area contributed by atoms with Gasteiger partial charge in [-0.15, -0.1) is 10.1 Å². The van der Waals surface area contributed by atoms with Gasteiger partial charge in [0.05, 0.1) is 12.2 Å². The Hall–Kier alpha value is -3.19. The van der Waals surface area contributed by atoms with E-state index in [4.69, 9.17) is 21.1 Å². The van der Waals surface area contributed by atoms with Crippen molar-refractivity contribution in [3.05, 3.63) is 63.7 Å². The highest BCUT2D eigenvalue weighted by Crippen LogP contribution is 2.36. The molecular weight excluding hydrogens is 548 g/mol. The molecule has 2 rings (SSSR count). The molecule has 1 aromatic carbocycles. The lowest BCUT2D eigenvalue weighted by Crippen LogP contribution is -2.32. The van der Waals surface area contributed by atoms with Gasteiger partial charge in [0.15, 0.2) is 0 Å². The number of unbranched alkanes of at least 4 members (excludes halogenated alkanes) is 1. The van der Waals surface area contributed by atoms with E-state index in [1.54, 1.807) is 36.4 Å². The zero-order chi connectivity index (χ0) is 29.5. The maximum atomic E-state index is 11.9. The highest BCUT2D eigenvalue weighted by Gasteiger charge is 2.39. The molecule has 0 bridgehead atoms. The van der Waals surface area contributed by atoms with Gasteiger partial charge in [-0.2, -0.15) is 0 Å². The lowest BCUT2D eigenvalue weighted by Gasteiger charge is -2.19. The summed E-state index contributed by atoms with van der Waals surface area (Å²) in [5, 5.41) is 43.2.